The van der Waals surface area contributed by atoms with Crippen molar-refractivity contribution in [3.63, 3.8) is 0 Å². The number of rotatable bonds is 0. The number of fused-ring (bicyclic) bond motifs is 4. The van der Waals surface area contributed by atoms with Crippen LogP contribution in [0.1, 0.15) is 54.0 Å². The summed E-state index contributed by atoms with van der Waals surface area (Å²) in [7, 11) is -2.32. The fourth-order valence-electron chi connectivity index (χ4n) is 5.90. The normalized spacial score (nSPS) is 21.0. The summed E-state index contributed by atoms with van der Waals surface area (Å²) in [5, 5.41) is 21.4. The third-order valence-corrected chi connectivity index (χ3v) is 12.6. The molecule has 4 rings (SSSR count). The maximum absolute atomic E-state index is 14.3. The molecule has 2 aliphatic heterocycles. The van der Waals surface area contributed by atoms with Crippen molar-refractivity contribution in [2.75, 3.05) is 6.54 Å². The maximum atomic E-state index is 14.3. The smallest absolute Gasteiger partial charge is 0.414 e. The molecule has 0 radical (unpaired) electrons. The van der Waals surface area contributed by atoms with Gasteiger partial charge >= 0.3 is 12.2 Å². The van der Waals surface area contributed by atoms with Gasteiger partial charge in [-0.15, -0.1) is 0 Å². The molecule has 1 aromatic carbocycles. The molecule has 0 unspecified atom stereocenters. The number of carbonyl (C=O) groups excluding carboxylic acids is 1. The largest absolute Gasteiger partial charge is 0.465 e. The Morgan fingerprint density at radius 2 is 1.63 bits per heavy atom. The third-order valence-electron chi connectivity index (χ3n) is 6.73. The van der Waals surface area contributed by atoms with E-state index in [1.54, 1.807) is 19.1 Å². The Labute approximate surface area is 210 Å². The first-order chi connectivity index (χ1) is 16.1. The number of hydrogen-bond donors (Lipinski definition) is 2. The molecule has 0 saturated heterocycles. The van der Waals surface area contributed by atoms with Crippen molar-refractivity contribution in [1.82, 2.24) is 14.8 Å². The Bertz CT molecular complexity index is 1310. The lowest BCUT2D eigenvalue weighted by atomic mass is 10.0. The van der Waals surface area contributed by atoms with Crippen LogP contribution in [0, 0.1) is 0 Å². The molecule has 2 aliphatic rings. The Kier molecular flexibility index (Phi) is 5.69. The number of imide groups is 1. The molecule has 8 nitrogen and oxygen atoms in total. The zero-order chi connectivity index (χ0) is 26.2. The van der Waals surface area contributed by atoms with Crippen molar-refractivity contribution in [2.45, 2.75) is 68.9 Å². The standard InChI is InChI=1S/C25H30ClN3O5S/c1-13-12-28(22(31)32)19-18-14-8-11-17(26)27-15(14)9-10-16(18)35(24(2,3)4,25(5,6)7)20(19)21(30)29(13)23(33)34/h8-11,13H,12H2,1-7H3,(H,31,32)(H,33,34)/t13-/m1/s1. The lowest BCUT2D eigenvalue weighted by molar-refractivity contribution is -0.125. The summed E-state index contributed by atoms with van der Waals surface area (Å²) in [6, 6.07) is 6.33. The predicted octanol–water partition coefficient (Wildman–Crippen LogP) is 6.22. The molecule has 3 amide bonds. The van der Waals surface area contributed by atoms with Gasteiger partial charge in [0, 0.05) is 25.3 Å². The molecular formula is C25H30ClN3O5S. The van der Waals surface area contributed by atoms with Crippen molar-refractivity contribution < 1.29 is 24.6 Å². The Hall–Kier alpha value is -2.78. The number of carbonyl (C=O) groups is 3. The van der Waals surface area contributed by atoms with Gasteiger partial charge in [-0.2, -0.15) is 10.0 Å². The number of benzene rings is 1. The van der Waals surface area contributed by atoms with E-state index >= 15 is 0 Å². The van der Waals surface area contributed by atoms with Crippen LogP contribution in [-0.4, -0.2) is 65.2 Å². The van der Waals surface area contributed by atoms with Crippen molar-refractivity contribution >= 4 is 56.3 Å². The molecule has 10 heteroatoms. The molecule has 2 aromatic rings. The lowest BCUT2D eigenvalue weighted by Gasteiger charge is -2.58. The molecule has 2 N–H and O–H groups in total. The molecule has 0 aliphatic carbocycles. The zero-order valence-corrected chi connectivity index (χ0v) is 22.4. The van der Waals surface area contributed by atoms with Gasteiger partial charge in [0.2, 0.25) is 0 Å². The van der Waals surface area contributed by atoms with Gasteiger partial charge in [0.15, 0.2) is 0 Å². The van der Waals surface area contributed by atoms with Gasteiger partial charge in [-0.1, -0.05) is 53.1 Å². The SMILES string of the molecule is C[C@@H]1CN(C(=O)O)C2=C(C(=O)N1C(=O)O)S(C(C)(C)C)(C(C)(C)C)c1ccc3nc(Cl)ccc3c12. The minimum absolute atomic E-state index is 0.174. The van der Waals surface area contributed by atoms with E-state index in [-0.39, 0.29) is 17.1 Å². The summed E-state index contributed by atoms with van der Waals surface area (Å²) in [6.07, 6.45) is -2.64. The van der Waals surface area contributed by atoms with Gasteiger partial charge in [-0.3, -0.25) is 9.69 Å². The topological polar surface area (TPSA) is 111 Å². The second kappa shape index (κ2) is 7.86. The van der Waals surface area contributed by atoms with Crippen molar-refractivity contribution in [3.8, 4) is 0 Å². The Morgan fingerprint density at radius 3 is 2.14 bits per heavy atom. The van der Waals surface area contributed by atoms with E-state index in [0.717, 1.165) is 14.7 Å². The maximum Gasteiger partial charge on any atom is 0.414 e. The van der Waals surface area contributed by atoms with Crippen LogP contribution < -0.4 is 0 Å². The minimum atomic E-state index is -2.32. The highest BCUT2D eigenvalue weighted by molar-refractivity contribution is 8.39. The molecule has 0 saturated carbocycles. The van der Waals surface area contributed by atoms with Crippen molar-refractivity contribution in [1.29, 1.82) is 0 Å². The van der Waals surface area contributed by atoms with Gasteiger partial charge in [-0.25, -0.2) is 19.5 Å². The third kappa shape index (κ3) is 3.35. The highest BCUT2D eigenvalue weighted by atomic mass is 35.5. The van der Waals surface area contributed by atoms with Gasteiger partial charge in [0.1, 0.15) is 5.15 Å². The molecule has 0 bridgehead atoms. The van der Waals surface area contributed by atoms with Crippen LogP contribution in [0.25, 0.3) is 16.6 Å². The van der Waals surface area contributed by atoms with Gasteiger partial charge in [0.05, 0.1) is 28.7 Å². The summed E-state index contributed by atoms with van der Waals surface area (Å²) in [6.45, 7) is 13.6. The number of carboxylic acid groups (broad SMARTS) is 2. The van der Waals surface area contributed by atoms with Crippen LogP contribution >= 0.6 is 21.6 Å². The lowest BCUT2D eigenvalue weighted by Crippen LogP contribution is -2.48. The van der Waals surface area contributed by atoms with E-state index < -0.39 is 43.7 Å². The quantitative estimate of drug-likeness (QED) is 0.400. The summed E-state index contributed by atoms with van der Waals surface area (Å²) in [5.41, 5.74) is 1.46. The molecule has 0 spiro atoms. The van der Waals surface area contributed by atoms with Crippen LogP contribution in [0.3, 0.4) is 0 Å². The monoisotopic (exact) mass is 519 g/mol. The number of pyridine rings is 1. The van der Waals surface area contributed by atoms with Crippen LogP contribution in [0.5, 0.6) is 0 Å². The molecule has 1 atom stereocenters. The van der Waals surface area contributed by atoms with Gasteiger partial charge in [-0.05, 0) is 31.2 Å². The van der Waals surface area contributed by atoms with Gasteiger partial charge < -0.3 is 10.2 Å². The Balaban J connectivity index is 2.31. The number of nitrogens with zero attached hydrogens (tertiary/aromatic N) is 3. The first-order valence-electron chi connectivity index (χ1n) is 11.3. The molecule has 188 valence electrons. The summed E-state index contributed by atoms with van der Waals surface area (Å²) in [5.74, 6) is -0.658. The zero-order valence-electron chi connectivity index (χ0n) is 20.8. The molecule has 35 heavy (non-hydrogen) atoms. The van der Waals surface area contributed by atoms with Crippen LogP contribution in [0.2, 0.25) is 5.15 Å². The summed E-state index contributed by atoms with van der Waals surface area (Å²) < 4.78 is -1.05. The van der Waals surface area contributed by atoms with Crippen molar-refractivity contribution in [2.24, 2.45) is 0 Å². The second-order valence-electron chi connectivity index (χ2n) is 10.9. The van der Waals surface area contributed by atoms with Gasteiger partial charge in [0.25, 0.3) is 5.91 Å². The first-order valence-corrected chi connectivity index (χ1v) is 13.3. The summed E-state index contributed by atoms with van der Waals surface area (Å²) in [4.78, 5) is 46.8. The molecule has 3 heterocycles. The fraction of sp³-hybridized carbons (Fsp3) is 0.440. The molecular weight excluding hydrogens is 490 g/mol. The van der Waals surface area contributed by atoms with Crippen molar-refractivity contribution in [3.05, 3.63) is 39.9 Å². The highest BCUT2D eigenvalue weighted by Crippen LogP contribution is 2.82. The number of halogens is 1. The average Bonchev–Trinajstić information content (AvgIpc) is 2.97. The van der Waals surface area contributed by atoms with Crippen LogP contribution in [0.4, 0.5) is 9.59 Å². The van der Waals surface area contributed by atoms with E-state index in [1.807, 2.05) is 53.7 Å². The average molecular weight is 520 g/mol. The van der Waals surface area contributed by atoms with E-state index in [9.17, 15) is 24.6 Å². The minimum Gasteiger partial charge on any atom is -0.465 e. The van der Waals surface area contributed by atoms with E-state index in [0.29, 0.717) is 21.6 Å². The Morgan fingerprint density at radius 1 is 1.03 bits per heavy atom. The highest BCUT2D eigenvalue weighted by Gasteiger charge is 2.60. The first kappa shape index (κ1) is 25.3. The fourth-order valence-corrected chi connectivity index (χ4v) is 12.3. The molecule has 0 fully saturated rings. The number of aromatic nitrogens is 1. The van der Waals surface area contributed by atoms with E-state index in [1.165, 1.54) is 0 Å². The summed E-state index contributed by atoms with van der Waals surface area (Å²) >= 11 is 6.16. The van der Waals surface area contributed by atoms with Crippen LogP contribution in [0.15, 0.2) is 34.1 Å². The number of hydrogen-bond acceptors (Lipinski definition) is 4. The molecule has 1 aromatic heterocycles. The number of amides is 3. The van der Waals surface area contributed by atoms with E-state index in [2.05, 4.69) is 4.98 Å². The van der Waals surface area contributed by atoms with E-state index in [4.69, 9.17) is 11.6 Å². The predicted molar refractivity (Wildman–Crippen MR) is 138 cm³/mol. The second-order valence-corrected chi connectivity index (χ2v) is 15.8. The van der Waals surface area contributed by atoms with Crippen LogP contribution in [-0.2, 0) is 4.79 Å².